The first-order valence-corrected chi connectivity index (χ1v) is 8.96. The average molecular weight is 356 g/mol. The van der Waals surface area contributed by atoms with Gasteiger partial charge in [-0.15, -0.1) is 4.48 Å². The molecule has 3 heterocycles. The third-order valence-corrected chi connectivity index (χ3v) is 5.54. The van der Waals surface area contributed by atoms with Crippen LogP contribution in [-0.2, 0) is 9.53 Å². The van der Waals surface area contributed by atoms with Crippen molar-refractivity contribution in [2.45, 2.75) is 30.8 Å². The molecule has 25 heavy (non-hydrogen) atoms. The zero-order valence-electron chi connectivity index (χ0n) is 14.0. The van der Waals surface area contributed by atoms with Gasteiger partial charge in [0.05, 0.1) is 18.5 Å². The summed E-state index contributed by atoms with van der Waals surface area (Å²) in [7, 11) is 0. The van der Waals surface area contributed by atoms with E-state index < -0.39 is 5.54 Å². The van der Waals surface area contributed by atoms with Crippen LogP contribution in [0.2, 0.25) is 0 Å². The number of ether oxygens (including phenoxy) is 1. The van der Waals surface area contributed by atoms with E-state index in [1.807, 2.05) is 47.2 Å². The van der Waals surface area contributed by atoms with Crippen LogP contribution in [0.5, 0.6) is 0 Å². The lowest BCUT2D eigenvalue weighted by Crippen LogP contribution is -2.63. The van der Waals surface area contributed by atoms with Crippen molar-refractivity contribution in [2.24, 2.45) is 0 Å². The monoisotopic (exact) mass is 356 g/mol. The van der Waals surface area contributed by atoms with Gasteiger partial charge in [0.1, 0.15) is 11.2 Å². The summed E-state index contributed by atoms with van der Waals surface area (Å²) in [5, 5.41) is 0.684. The number of allylic oxidation sites excluding steroid dienone is 4. The molecule has 1 amide bonds. The van der Waals surface area contributed by atoms with E-state index in [1.165, 1.54) is 6.92 Å². The van der Waals surface area contributed by atoms with Gasteiger partial charge in [-0.2, -0.15) is 9.78 Å². The Morgan fingerprint density at radius 1 is 1.40 bits per heavy atom. The number of aromatic nitrogens is 2. The van der Waals surface area contributed by atoms with Crippen LogP contribution in [0.4, 0.5) is 10.7 Å². The lowest BCUT2D eigenvalue weighted by molar-refractivity contribution is -0.109. The number of quaternary nitrogens is 1. The highest BCUT2D eigenvalue weighted by Gasteiger charge is 2.68. The van der Waals surface area contributed by atoms with E-state index in [4.69, 9.17) is 4.74 Å². The number of carbonyl (C=O) groups excluding carboxylic acids is 2. The van der Waals surface area contributed by atoms with Gasteiger partial charge < -0.3 is 4.74 Å². The van der Waals surface area contributed by atoms with Crippen LogP contribution in [0.1, 0.15) is 20.3 Å². The van der Waals surface area contributed by atoms with E-state index in [-0.39, 0.29) is 22.3 Å². The molecule has 0 bridgehead atoms. The molecule has 3 aliphatic rings. The van der Waals surface area contributed by atoms with Gasteiger partial charge in [0, 0.05) is 13.3 Å². The standard InChI is InChI=1S/C18H18N3O3S/c1-3-24-17(23)21-11-7-6-10-18(21)9-5-4-8-14(18)20-15(25-13(2)22)12-19-16(20)21/h4-8,10-12H,3,9H2,1-2H3/q+1. The second kappa shape index (κ2) is 5.57. The minimum atomic E-state index is -0.633. The van der Waals surface area contributed by atoms with E-state index in [1.54, 1.807) is 13.1 Å². The van der Waals surface area contributed by atoms with Gasteiger partial charge in [-0.25, -0.2) is 4.57 Å². The highest BCUT2D eigenvalue weighted by molar-refractivity contribution is 8.13. The van der Waals surface area contributed by atoms with Crippen LogP contribution >= 0.6 is 11.8 Å². The number of fused-ring (bicyclic) bond motifs is 3. The van der Waals surface area contributed by atoms with Crippen LogP contribution in [-0.4, -0.2) is 32.9 Å². The third-order valence-electron chi connectivity index (χ3n) is 4.76. The average Bonchev–Trinajstić information content (AvgIpc) is 3.10. The second-order valence-electron chi connectivity index (χ2n) is 6.06. The smallest absolute Gasteiger partial charge is 0.420 e. The Morgan fingerprint density at radius 2 is 2.24 bits per heavy atom. The van der Waals surface area contributed by atoms with Crippen LogP contribution in [0, 0.1) is 0 Å². The van der Waals surface area contributed by atoms with Gasteiger partial charge in [-0.1, -0.05) is 18.2 Å². The molecule has 0 aromatic carbocycles. The van der Waals surface area contributed by atoms with Crippen molar-refractivity contribution in [1.29, 1.82) is 0 Å². The number of carbonyl (C=O) groups is 2. The maximum Gasteiger partial charge on any atom is 0.529 e. The number of nitrogens with zero attached hydrogens (tertiary/aromatic N) is 3. The molecule has 2 atom stereocenters. The number of amides is 1. The van der Waals surface area contributed by atoms with Crippen molar-refractivity contribution in [3.8, 4) is 0 Å². The molecule has 6 nitrogen and oxygen atoms in total. The maximum atomic E-state index is 13.1. The number of imidazole rings is 1. The Labute approximate surface area is 149 Å². The topological polar surface area (TPSA) is 61.2 Å². The zero-order chi connectivity index (χ0) is 17.7. The van der Waals surface area contributed by atoms with Gasteiger partial charge in [0.2, 0.25) is 0 Å². The summed E-state index contributed by atoms with van der Waals surface area (Å²) < 4.78 is 7.22. The zero-order valence-corrected chi connectivity index (χ0v) is 14.8. The fourth-order valence-electron chi connectivity index (χ4n) is 3.84. The minimum absolute atomic E-state index is 0.0256. The van der Waals surface area contributed by atoms with E-state index >= 15 is 0 Å². The lowest BCUT2D eigenvalue weighted by atomic mass is 9.83. The molecule has 1 aliphatic carbocycles. The summed E-state index contributed by atoms with van der Waals surface area (Å²) in [5.74, 6) is 0.553. The molecule has 1 spiro atoms. The van der Waals surface area contributed by atoms with Gasteiger partial charge in [0.15, 0.2) is 10.7 Å². The van der Waals surface area contributed by atoms with Crippen molar-refractivity contribution in [3.63, 3.8) is 0 Å². The summed E-state index contributed by atoms with van der Waals surface area (Å²) in [5.41, 5.74) is 0.297. The molecule has 0 radical (unpaired) electrons. The Morgan fingerprint density at radius 3 is 3.00 bits per heavy atom. The van der Waals surface area contributed by atoms with Crippen LogP contribution in [0.3, 0.4) is 0 Å². The Kier molecular flexibility index (Phi) is 3.59. The van der Waals surface area contributed by atoms with Crippen molar-refractivity contribution in [3.05, 3.63) is 48.9 Å². The fourth-order valence-corrected chi connectivity index (χ4v) is 4.51. The quantitative estimate of drug-likeness (QED) is 0.598. The molecule has 1 aromatic heterocycles. The van der Waals surface area contributed by atoms with Crippen molar-refractivity contribution in [1.82, 2.24) is 14.0 Å². The van der Waals surface area contributed by atoms with Gasteiger partial charge in [-0.05, 0) is 36.9 Å². The Balaban J connectivity index is 2.02. The molecule has 128 valence electrons. The SMILES string of the molecule is CCOC(=O)[N+]12C=CC=CC13CC=CC=C3n1c(SC(C)=O)cnc12. The van der Waals surface area contributed by atoms with E-state index in [9.17, 15) is 9.59 Å². The molecular weight excluding hydrogens is 338 g/mol. The normalized spacial score (nSPS) is 28.2. The number of hydrogen-bond donors (Lipinski definition) is 0. The first-order valence-electron chi connectivity index (χ1n) is 8.14. The maximum absolute atomic E-state index is 13.1. The highest BCUT2D eigenvalue weighted by atomic mass is 32.2. The summed E-state index contributed by atoms with van der Waals surface area (Å²) in [6.07, 6.45) is 15.6. The molecule has 7 heteroatoms. The summed E-state index contributed by atoms with van der Waals surface area (Å²) in [4.78, 5) is 29.3. The summed E-state index contributed by atoms with van der Waals surface area (Å²) in [6.45, 7) is 3.61. The first-order chi connectivity index (χ1) is 12.1. The Hall–Kier alpha value is -2.38. The van der Waals surface area contributed by atoms with Gasteiger partial charge in [0.25, 0.3) is 0 Å². The molecule has 2 unspecified atom stereocenters. The third kappa shape index (κ3) is 1.93. The molecule has 0 fully saturated rings. The fraction of sp³-hybridized carbons (Fsp3) is 0.278. The van der Waals surface area contributed by atoms with Crippen LogP contribution in [0.15, 0.2) is 53.9 Å². The first kappa shape index (κ1) is 16.1. The van der Waals surface area contributed by atoms with E-state index in [0.717, 1.165) is 17.5 Å². The number of rotatable bonds is 2. The molecule has 0 N–H and O–H groups in total. The predicted octanol–water partition coefficient (Wildman–Crippen LogP) is 3.62. The molecular formula is C18H18N3O3S+. The molecule has 0 saturated heterocycles. The Bertz CT molecular complexity index is 895. The number of thioether (sulfide) groups is 1. The molecule has 2 aliphatic heterocycles. The summed E-state index contributed by atoms with van der Waals surface area (Å²) in [6, 6.07) is 0. The molecule has 4 rings (SSSR count). The molecule has 1 aromatic rings. The van der Waals surface area contributed by atoms with Crippen molar-refractivity contribution < 1.29 is 14.3 Å². The van der Waals surface area contributed by atoms with Crippen LogP contribution < -0.4 is 4.48 Å². The highest BCUT2D eigenvalue weighted by Crippen LogP contribution is 2.55. The second-order valence-corrected chi connectivity index (χ2v) is 7.25. The molecule has 0 saturated carbocycles. The van der Waals surface area contributed by atoms with E-state index in [2.05, 4.69) is 4.98 Å². The lowest BCUT2D eigenvalue weighted by Gasteiger charge is -2.40. The largest absolute Gasteiger partial charge is 0.529 e. The van der Waals surface area contributed by atoms with Gasteiger partial charge >= 0.3 is 12.0 Å². The van der Waals surface area contributed by atoms with Gasteiger partial charge in [-0.3, -0.25) is 4.79 Å². The minimum Gasteiger partial charge on any atom is -0.420 e. The van der Waals surface area contributed by atoms with Crippen LogP contribution in [0.25, 0.3) is 5.70 Å². The van der Waals surface area contributed by atoms with Crippen molar-refractivity contribution >= 4 is 34.6 Å². The summed E-state index contributed by atoms with van der Waals surface area (Å²) >= 11 is 1.12. The van der Waals surface area contributed by atoms with E-state index in [0.29, 0.717) is 17.4 Å². The predicted molar refractivity (Wildman–Crippen MR) is 96.6 cm³/mol. The number of hydrogen-bond acceptors (Lipinski definition) is 5. The van der Waals surface area contributed by atoms with Crippen molar-refractivity contribution in [2.75, 3.05) is 6.61 Å².